The van der Waals surface area contributed by atoms with Gasteiger partial charge in [0.15, 0.2) is 6.29 Å². The van der Waals surface area contributed by atoms with Crippen molar-refractivity contribution in [3.05, 3.63) is 0 Å². The van der Waals surface area contributed by atoms with Gasteiger partial charge in [0.2, 0.25) is 0 Å². The summed E-state index contributed by atoms with van der Waals surface area (Å²) in [5.41, 5.74) is 0. The minimum Gasteiger partial charge on any atom is -0.396 e. The first-order valence-electron chi connectivity index (χ1n) is 6.99. The molecule has 0 aliphatic heterocycles. The highest BCUT2D eigenvalue weighted by atomic mass is 16.7. The van der Waals surface area contributed by atoms with E-state index in [4.69, 9.17) is 14.2 Å². The number of ether oxygens (including phenoxy) is 3. The zero-order chi connectivity index (χ0) is 13.4. The van der Waals surface area contributed by atoms with Crippen LogP contribution in [0.5, 0.6) is 0 Å². The number of aliphatic hydroxyl groups excluding tert-OH is 1. The summed E-state index contributed by atoms with van der Waals surface area (Å²) in [6.07, 6.45) is 5.64. The SMILES string of the molecule is COC1CCC(CCCOC(C)OC)C(CO)C1. The molecule has 0 heterocycles. The molecule has 1 fully saturated rings. The molecule has 4 nitrogen and oxygen atoms in total. The molecular weight excluding hydrogens is 232 g/mol. The molecule has 1 N–H and O–H groups in total. The fourth-order valence-corrected chi connectivity index (χ4v) is 2.76. The Morgan fingerprint density at radius 2 is 2.00 bits per heavy atom. The lowest BCUT2D eigenvalue weighted by atomic mass is 9.76. The zero-order valence-corrected chi connectivity index (χ0v) is 11.9. The van der Waals surface area contributed by atoms with Crippen molar-refractivity contribution in [2.45, 2.75) is 51.4 Å². The van der Waals surface area contributed by atoms with E-state index in [-0.39, 0.29) is 12.9 Å². The average Bonchev–Trinajstić information content (AvgIpc) is 2.43. The predicted molar refractivity (Wildman–Crippen MR) is 70.4 cm³/mol. The Kier molecular flexibility index (Phi) is 7.82. The molecule has 4 heteroatoms. The van der Waals surface area contributed by atoms with Crippen molar-refractivity contribution < 1.29 is 19.3 Å². The number of hydrogen-bond donors (Lipinski definition) is 1. The van der Waals surface area contributed by atoms with Crippen LogP contribution in [0.1, 0.15) is 39.0 Å². The second-order valence-electron chi connectivity index (χ2n) is 5.19. The highest BCUT2D eigenvalue weighted by Gasteiger charge is 2.29. The number of methoxy groups -OCH3 is 2. The number of rotatable bonds is 8. The minimum atomic E-state index is -0.122. The molecule has 0 bridgehead atoms. The van der Waals surface area contributed by atoms with Crippen molar-refractivity contribution in [1.29, 1.82) is 0 Å². The first-order chi connectivity index (χ1) is 8.71. The zero-order valence-electron chi connectivity index (χ0n) is 11.9. The Hall–Kier alpha value is -0.160. The third-order valence-electron chi connectivity index (χ3n) is 4.06. The molecule has 108 valence electrons. The fraction of sp³-hybridized carbons (Fsp3) is 1.00. The predicted octanol–water partition coefficient (Wildman–Crippen LogP) is 2.20. The first kappa shape index (κ1) is 15.9. The molecule has 0 aromatic rings. The number of hydrogen-bond acceptors (Lipinski definition) is 4. The van der Waals surface area contributed by atoms with Crippen molar-refractivity contribution in [1.82, 2.24) is 0 Å². The summed E-state index contributed by atoms with van der Waals surface area (Å²) in [7, 11) is 3.41. The third kappa shape index (κ3) is 5.22. The maximum Gasteiger partial charge on any atom is 0.154 e. The van der Waals surface area contributed by atoms with E-state index in [0.29, 0.717) is 17.9 Å². The van der Waals surface area contributed by atoms with Crippen LogP contribution in [0.2, 0.25) is 0 Å². The summed E-state index contributed by atoms with van der Waals surface area (Å²) in [4.78, 5) is 0. The van der Waals surface area contributed by atoms with Gasteiger partial charge in [-0.1, -0.05) is 0 Å². The van der Waals surface area contributed by atoms with Crippen LogP contribution >= 0.6 is 0 Å². The van der Waals surface area contributed by atoms with E-state index in [0.717, 1.165) is 38.7 Å². The summed E-state index contributed by atoms with van der Waals surface area (Å²) in [6.45, 7) is 2.91. The van der Waals surface area contributed by atoms with Gasteiger partial charge >= 0.3 is 0 Å². The maximum atomic E-state index is 9.45. The van der Waals surface area contributed by atoms with Crippen molar-refractivity contribution in [2.24, 2.45) is 11.8 Å². The topological polar surface area (TPSA) is 47.9 Å². The van der Waals surface area contributed by atoms with E-state index < -0.39 is 0 Å². The third-order valence-corrected chi connectivity index (χ3v) is 4.06. The summed E-state index contributed by atoms with van der Waals surface area (Å²) >= 11 is 0. The molecule has 4 atom stereocenters. The van der Waals surface area contributed by atoms with Gasteiger partial charge in [0, 0.05) is 27.4 Å². The van der Waals surface area contributed by atoms with Gasteiger partial charge in [0.25, 0.3) is 0 Å². The van der Waals surface area contributed by atoms with Crippen LogP contribution in [0, 0.1) is 11.8 Å². The summed E-state index contributed by atoms with van der Waals surface area (Å²) in [6, 6.07) is 0. The van der Waals surface area contributed by atoms with E-state index in [1.807, 2.05) is 6.92 Å². The molecule has 0 amide bonds. The fourth-order valence-electron chi connectivity index (χ4n) is 2.76. The van der Waals surface area contributed by atoms with Crippen LogP contribution in [0.3, 0.4) is 0 Å². The average molecular weight is 260 g/mol. The molecule has 0 saturated heterocycles. The van der Waals surface area contributed by atoms with Crippen LogP contribution < -0.4 is 0 Å². The Labute approximate surface area is 111 Å². The van der Waals surface area contributed by atoms with E-state index in [1.54, 1.807) is 14.2 Å². The second kappa shape index (κ2) is 8.86. The van der Waals surface area contributed by atoms with Gasteiger partial charge in [0.1, 0.15) is 0 Å². The highest BCUT2D eigenvalue weighted by Crippen LogP contribution is 2.34. The summed E-state index contributed by atoms with van der Waals surface area (Å²) in [5.74, 6) is 1.01. The lowest BCUT2D eigenvalue weighted by molar-refractivity contribution is -0.112. The Morgan fingerprint density at radius 3 is 2.61 bits per heavy atom. The molecule has 18 heavy (non-hydrogen) atoms. The van der Waals surface area contributed by atoms with E-state index in [1.165, 1.54) is 0 Å². The van der Waals surface area contributed by atoms with E-state index >= 15 is 0 Å². The van der Waals surface area contributed by atoms with Crippen molar-refractivity contribution in [2.75, 3.05) is 27.4 Å². The van der Waals surface area contributed by atoms with Gasteiger partial charge in [-0.2, -0.15) is 0 Å². The maximum absolute atomic E-state index is 9.45. The lowest BCUT2D eigenvalue weighted by Gasteiger charge is -2.34. The van der Waals surface area contributed by atoms with Gasteiger partial charge in [-0.3, -0.25) is 0 Å². The normalized spacial score (nSPS) is 30.3. The van der Waals surface area contributed by atoms with Crippen molar-refractivity contribution in [3.63, 3.8) is 0 Å². The molecule has 1 aliphatic carbocycles. The molecule has 1 saturated carbocycles. The quantitative estimate of drug-likeness (QED) is 0.537. The van der Waals surface area contributed by atoms with Crippen LogP contribution in [-0.4, -0.2) is 44.9 Å². The second-order valence-corrected chi connectivity index (χ2v) is 5.19. The largest absolute Gasteiger partial charge is 0.396 e. The van der Waals surface area contributed by atoms with Crippen LogP contribution in [0.15, 0.2) is 0 Å². The van der Waals surface area contributed by atoms with Gasteiger partial charge in [-0.25, -0.2) is 0 Å². The Morgan fingerprint density at radius 1 is 1.22 bits per heavy atom. The molecule has 1 aliphatic rings. The van der Waals surface area contributed by atoms with Crippen LogP contribution in [0.4, 0.5) is 0 Å². The van der Waals surface area contributed by atoms with Gasteiger partial charge in [-0.15, -0.1) is 0 Å². The molecule has 0 spiro atoms. The van der Waals surface area contributed by atoms with Gasteiger partial charge < -0.3 is 19.3 Å². The summed E-state index contributed by atoms with van der Waals surface area (Å²) < 4.78 is 15.9. The summed E-state index contributed by atoms with van der Waals surface area (Å²) in [5, 5.41) is 9.45. The van der Waals surface area contributed by atoms with Gasteiger partial charge in [-0.05, 0) is 50.9 Å². The molecule has 0 aromatic carbocycles. The van der Waals surface area contributed by atoms with Gasteiger partial charge in [0.05, 0.1) is 6.10 Å². The monoisotopic (exact) mass is 260 g/mol. The minimum absolute atomic E-state index is 0.122. The standard InChI is InChI=1S/C14H28O4/c1-11(16-2)18-8-4-5-12-6-7-14(17-3)9-13(12)10-15/h11-15H,4-10H2,1-3H3. The van der Waals surface area contributed by atoms with Crippen LogP contribution in [-0.2, 0) is 14.2 Å². The van der Waals surface area contributed by atoms with E-state index in [2.05, 4.69) is 0 Å². The highest BCUT2D eigenvalue weighted by molar-refractivity contribution is 4.80. The molecular formula is C14H28O4. The first-order valence-corrected chi connectivity index (χ1v) is 6.99. The molecule has 0 radical (unpaired) electrons. The van der Waals surface area contributed by atoms with Crippen molar-refractivity contribution >= 4 is 0 Å². The molecule has 1 rings (SSSR count). The molecule has 0 aromatic heterocycles. The van der Waals surface area contributed by atoms with Crippen LogP contribution in [0.25, 0.3) is 0 Å². The lowest BCUT2D eigenvalue weighted by Crippen LogP contribution is -2.31. The Bertz CT molecular complexity index is 210. The Balaban J connectivity index is 2.20. The smallest absolute Gasteiger partial charge is 0.154 e. The number of aliphatic hydroxyl groups is 1. The van der Waals surface area contributed by atoms with Crippen molar-refractivity contribution in [3.8, 4) is 0 Å². The molecule has 4 unspecified atom stereocenters. The van der Waals surface area contributed by atoms with E-state index in [9.17, 15) is 5.11 Å².